The Morgan fingerprint density at radius 2 is 1.64 bits per heavy atom. The molecular formula is C19H23NOS. The van der Waals surface area contributed by atoms with Crippen LogP contribution in [0.5, 0.6) is 0 Å². The van der Waals surface area contributed by atoms with Gasteiger partial charge in [-0.2, -0.15) is 0 Å². The molecule has 0 N–H and O–H groups in total. The van der Waals surface area contributed by atoms with Crippen LogP contribution in [-0.2, 0) is 17.1 Å². The van der Waals surface area contributed by atoms with E-state index in [1.165, 1.54) is 16.7 Å². The lowest BCUT2D eigenvalue weighted by Crippen LogP contribution is -2.27. The van der Waals surface area contributed by atoms with Crippen LogP contribution in [0.3, 0.4) is 0 Å². The number of carbonyl (C=O) groups excluding carboxylic acids is 1. The van der Waals surface area contributed by atoms with E-state index in [9.17, 15) is 4.79 Å². The first-order chi connectivity index (χ1) is 10.5. The molecule has 0 radical (unpaired) electrons. The molecule has 2 aromatic carbocycles. The lowest BCUT2D eigenvalue weighted by atomic mass is 10.1. The van der Waals surface area contributed by atoms with E-state index in [0.717, 1.165) is 11.3 Å². The van der Waals surface area contributed by atoms with Gasteiger partial charge in [-0.15, -0.1) is 11.8 Å². The van der Waals surface area contributed by atoms with Crippen LogP contribution in [0, 0.1) is 13.8 Å². The summed E-state index contributed by atoms with van der Waals surface area (Å²) in [5.41, 5.74) is 5.02. The zero-order valence-corrected chi connectivity index (χ0v) is 14.3. The van der Waals surface area contributed by atoms with Crippen LogP contribution in [0.25, 0.3) is 0 Å². The van der Waals surface area contributed by atoms with Gasteiger partial charge in [0, 0.05) is 19.3 Å². The highest BCUT2D eigenvalue weighted by atomic mass is 32.2. The minimum Gasteiger partial charge on any atom is -0.341 e. The van der Waals surface area contributed by atoms with E-state index in [0.29, 0.717) is 12.3 Å². The lowest BCUT2D eigenvalue weighted by molar-refractivity contribution is -0.127. The summed E-state index contributed by atoms with van der Waals surface area (Å²) in [6.45, 7) is 4.89. The molecule has 1 amide bonds. The molecule has 0 aliphatic heterocycles. The summed E-state index contributed by atoms with van der Waals surface area (Å²) < 4.78 is 0. The Hall–Kier alpha value is -1.74. The molecule has 0 aliphatic carbocycles. The van der Waals surface area contributed by atoms with E-state index < -0.39 is 0 Å². The quantitative estimate of drug-likeness (QED) is 0.797. The Kier molecular flexibility index (Phi) is 6.08. The fourth-order valence-electron chi connectivity index (χ4n) is 2.46. The molecular weight excluding hydrogens is 290 g/mol. The fraction of sp³-hybridized carbons (Fsp3) is 0.316. The van der Waals surface area contributed by atoms with Crippen molar-refractivity contribution >= 4 is 17.7 Å². The molecule has 0 saturated heterocycles. The number of amides is 1. The first kappa shape index (κ1) is 16.6. The van der Waals surface area contributed by atoms with Gasteiger partial charge in [0.15, 0.2) is 0 Å². The second-order valence-corrected chi connectivity index (χ2v) is 6.71. The molecule has 0 atom stereocenters. The molecule has 3 heteroatoms. The van der Waals surface area contributed by atoms with E-state index in [2.05, 4.69) is 32.0 Å². The van der Waals surface area contributed by atoms with Gasteiger partial charge in [-0.3, -0.25) is 4.79 Å². The highest BCUT2D eigenvalue weighted by Crippen LogP contribution is 2.16. The molecule has 116 valence electrons. The average molecular weight is 313 g/mol. The standard InChI is InChI=1S/C19H23NOS/c1-15-9-16(2)11-18(10-15)13-22-14-19(21)20(3)12-17-7-5-4-6-8-17/h4-11H,12-14H2,1-3H3. The van der Waals surface area contributed by atoms with Crippen molar-refractivity contribution in [2.75, 3.05) is 12.8 Å². The Morgan fingerprint density at radius 1 is 1.00 bits per heavy atom. The maximum Gasteiger partial charge on any atom is 0.232 e. The SMILES string of the molecule is Cc1cc(C)cc(CSCC(=O)N(C)Cc2ccccc2)c1. The second kappa shape index (κ2) is 8.04. The number of benzene rings is 2. The van der Waals surface area contributed by atoms with Gasteiger partial charge in [0.1, 0.15) is 0 Å². The third-order valence-electron chi connectivity index (χ3n) is 3.46. The van der Waals surface area contributed by atoms with Crippen LogP contribution < -0.4 is 0 Å². The normalized spacial score (nSPS) is 10.5. The summed E-state index contributed by atoms with van der Waals surface area (Å²) in [5, 5.41) is 0. The van der Waals surface area contributed by atoms with Gasteiger partial charge in [-0.05, 0) is 25.0 Å². The van der Waals surface area contributed by atoms with Gasteiger partial charge in [-0.25, -0.2) is 0 Å². The number of hydrogen-bond donors (Lipinski definition) is 0. The highest BCUT2D eigenvalue weighted by molar-refractivity contribution is 7.99. The Labute approximate surface area is 137 Å². The molecule has 0 bridgehead atoms. The number of nitrogens with zero attached hydrogens (tertiary/aromatic N) is 1. The van der Waals surface area contributed by atoms with Gasteiger partial charge in [-0.1, -0.05) is 59.7 Å². The van der Waals surface area contributed by atoms with Crippen LogP contribution in [0.4, 0.5) is 0 Å². The van der Waals surface area contributed by atoms with E-state index >= 15 is 0 Å². The number of thioether (sulfide) groups is 1. The zero-order valence-electron chi connectivity index (χ0n) is 13.5. The number of aryl methyl sites for hydroxylation is 2. The molecule has 0 spiro atoms. The first-order valence-electron chi connectivity index (χ1n) is 7.47. The van der Waals surface area contributed by atoms with E-state index in [-0.39, 0.29) is 5.91 Å². The molecule has 0 saturated carbocycles. The van der Waals surface area contributed by atoms with Crippen molar-refractivity contribution in [1.29, 1.82) is 0 Å². The van der Waals surface area contributed by atoms with Gasteiger partial charge in [0.25, 0.3) is 0 Å². The maximum atomic E-state index is 12.2. The smallest absolute Gasteiger partial charge is 0.232 e. The second-order valence-electron chi connectivity index (χ2n) is 5.72. The van der Waals surface area contributed by atoms with E-state index in [4.69, 9.17) is 0 Å². The molecule has 0 fully saturated rings. The van der Waals surface area contributed by atoms with E-state index in [1.807, 2.05) is 37.4 Å². The highest BCUT2D eigenvalue weighted by Gasteiger charge is 2.09. The van der Waals surface area contributed by atoms with Crippen molar-refractivity contribution in [3.63, 3.8) is 0 Å². The van der Waals surface area contributed by atoms with Gasteiger partial charge >= 0.3 is 0 Å². The first-order valence-corrected chi connectivity index (χ1v) is 8.63. The van der Waals surface area contributed by atoms with Crippen LogP contribution in [0.15, 0.2) is 48.5 Å². The Balaban J connectivity index is 1.79. The van der Waals surface area contributed by atoms with Crippen molar-refractivity contribution in [3.05, 3.63) is 70.8 Å². The summed E-state index contributed by atoms with van der Waals surface area (Å²) in [6, 6.07) is 16.7. The van der Waals surface area contributed by atoms with E-state index in [1.54, 1.807) is 16.7 Å². The van der Waals surface area contributed by atoms with Gasteiger partial charge in [0.2, 0.25) is 5.91 Å². The van der Waals surface area contributed by atoms with Crippen molar-refractivity contribution < 1.29 is 4.79 Å². The zero-order chi connectivity index (χ0) is 15.9. The molecule has 2 aromatic rings. The third-order valence-corrected chi connectivity index (χ3v) is 4.45. The minimum atomic E-state index is 0.179. The summed E-state index contributed by atoms with van der Waals surface area (Å²) in [4.78, 5) is 14.0. The molecule has 0 aliphatic rings. The largest absolute Gasteiger partial charge is 0.341 e. The minimum absolute atomic E-state index is 0.179. The topological polar surface area (TPSA) is 20.3 Å². The van der Waals surface area contributed by atoms with Crippen LogP contribution in [0.2, 0.25) is 0 Å². The number of hydrogen-bond acceptors (Lipinski definition) is 2. The van der Waals surface area contributed by atoms with Crippen molar-refractivity contribution in [1.82, 2.24) is 4.90 Å². The average Bonchev–Trinajstić information content (AvgIpc) is 2.47. The van der Waals surface area contributed by atoms with Gasteiger partial charge < -0.3 is 4.90 Å². The third kappa shape index (κ3) is 5.23. The number of rotatable bonds is 6. The van der Waals surface area contributed by atoms with Crippen LogP contribution in [-0.4, -0.2) is 23.6 Å². The molecule has 0 heterocycles. The van der Waals surface area contributed by atoms with Crippen LogP contribution in [0.1, 0.15) is 22.3 Å². The summed E-state index contributed by atoms with van der Waals surface area (Å²) >= 11 is 1.68. The summed E-state index contributed by atoms with van der Waals surface area (Å²) in [7, 11) is 1.87. The van der Waals surface area contributed by atoms with Crippen LogP contribution >= 0.6 is 11.8 Å². The monoisotopic (exact) mass is 313 g/mol. The van der Waals surface area contributed by atoms with Crippen molar-refractivity contribution in [2.45, 2.75) is 26.1 Å². The molecule has 2 nitrogen and oxygen atoms in total. The van der Waals surface area contributed by atoms with Crippen molar-refractivity contribution in [2.24, 2.45) is 0 Å². The Bertz CT molecular complexity index is 604. The predicted molar refractivity (Wildman–Crippen MR) is 95.0 cm³/mol. The molecule has 0 aromatic heterocycles. The van der Waals surface area contributed by atoms with Crippen molar-refractivity contribution in [3.8, 4) is 0 Å². The van der Waals surface area contributed by atoms with Gasteiger partial charge in [0.05, 0.1) is 5.75 Å². The summed E-state index contributed by atoms with van der Waals surface area (Å²) in [5.74, 6) is 1.59. The predicted octanol–water partition coefficient (Wildman–Crippen LogP) is 4.20. The maximum absolute atomic E-state index is 12.2. The Morgan fingerprint density at radius 3 is 2.27 bits per heavy atom. The molecule has 2 rings (SSSR count). The fourth-order valence-corrected chi connectivity index (χ4v) is 3.36. The summed E-state index contributed by atoms with van der Waals surface area (Å²) in [6.07, 6.45) is 0. The molecule has 0 unspecified atom stereocenters. The number of carbonyl (C=O) groups is 1. The lowest BCUT2D eigenvalue weighted by Gasteiger charge is -2.17. The molecule has 22 heavy (non-hydrogen) atoms.